The second kappa shape index (κ2) is 9.98. The Morgan fingerprint density at radius 1 is 1.18 bits per heavy atom. The minimum Gasteiger partial charge on any atom is -0.388 e. The van der Waals surface area contributed by atoms with Crippen molar-refractivity contribution in [3.63, 3.8) is 0 Å². The van der Waals surface area contributed by atoms with Gasteiger partial charge in [0.05, 0.1) is 29.3 Å². The van der Waals surface area contributed by atoms with Crippen LogP contribution in [0.5, 0.6) is 0 Å². The lowest BCUT2D eigenvalue weighted by Crippen LogP contribution is -2.26. The van der Waals surface area contributed by atoms with Crippen molar-refractivity contribution >= 4 is 34.9 Å². The number of amides is 2. The Morgan fingerprint density at radius 2 is 1.94 bits per heavy atom. The predicted molar refractivity (Wildman–Crippen MR) is 129 cm³/mol. The minimum absolute atomic E-state index is 0.220. The number of pyridine rings is 1. The Balaban J connectivity index is 1.46. The normalized spacial score (nSPS) is 11.9. The van der Waals surface area contributed by atoms with Gasteiger partial charge in [0.1, 0.15) is 0 Å². The number of hydrogen-bond acceptors (Lipinski definition) is 6. The number of hydrogen-bond donors (Lipinski definition) is 3. The molecule has 2 amide bonds. The second-order valence-electron chi connectivity index (χ2n) is 7.80. The molecule has 1 aromatic carbocycles. The SMILES string of the molecule is CC(=O)Nc1cn2nc(-c3cnc(C)c(C(=O)NCCC(O)c4ccc(Cl)cc4)c3)ccc2n1. The van der Waals surface area contributed by atoms with Gasteiger partial charge in [0.15, 0.2) is 11.5 Å². The van der Waals surface area contributed by atoms with Gasteiger partial charge in [0, 0.05) is 30.3 Å². The van der Waals surface area contributed by atoms with Crippen molar-refractivity contribution in [2.45, 2.75) is 26.4 Å². The Labute approximate surface area is 200 Å². The Morgan fingerprint density at radius 3 is 2.68 bits per heavy atom. The van der Waals surface area contributed by atoms with E-state index in [0.717, 1.165) is 5.56 Å². The molecular weight excluding hydrogens is 456 g/mol. The molecule has 34 heavy (non-hydrogen) atoms. The third-order valence-corrected chi connectivity index (χ3v) is 5.46. The van der Waals surface area contributed by atoms with Crippen LogP contribution in [0.15, 0.2) is 54.9 Å². The third-order valence-electron chi connectivity index (χ3n) is 5.21. The second-order valence-corrected chi connectivity index (χ2v) is 8.23. The maximum Gasteiger partial charge on any atom is 0.253 e. The highest BCUT2D eigenvalue weighted by Crippen LogP contribution is 2.21. The molecule has 0 radical (unpaired) electrons. The number of aryl methyl sites for hydroxylation is 1. The van der Waals surface area contributed by atoms with Crippen molar-refractivity contribution < 1.29 is 14.7 Å². The van der Waals surface area contributed by atoms with Gasteiger partial charge >= 0.3 is 0 Å². The number of aliphatic hydroxyl groups is 1. The van der Waals surface area contributed by atoms with Gasteiger partial charge in [-0.25, -0.2) is 9.50 Å². The summed E-state index contributed by atoms with van der Waals surface area (Å²) >= 11 is 5.88. The number of halogens is 1. The Bertz CT molecular complexity index is 1350. The molecule has 1 unspecified atom stereocenters. The molecule has 0 saturated carbocycles. The van der Waals surface area contributed by atoms with Crippen molar-refractivity contribution in [2.75, 3.05) is 11.9 Å². The van der Waals surface area contributed by atoms with Crippen LogP contribution in [0.1, 0.15) is 41.1 Å². The maximum absolute atomic E-state index is 12.8. The zero-order chi connectivity index (χ0) is 24.2. The number of rotatable bonds is 7. The van der Waals surface area contributed by atoms with Crippen LogP contribution < -0.4 is 10.6 Å². The largest absolute Gasteiger partial charge is 0.388 e. The summed E-state index contributed by atoms with van der Waals surface area (Å²) in [5.41, 5.74) is 3.57. The smallest absolute Gasteiger partial charge is 0.253 e. The van der Waals surface area contributed by atoms with Crippen LogP contribution in [0.25, 0.3) is 16.9 Å². The molecule has 1 atom stereocenters. The molecular formula is C24H23ClN6O3. The van der Waals surface area contributed by atoms with E-state index in [1.54, 1.807) is 66.3 Å². The van der Waals surface area contributed by atoms with Crippen LogP contribution in [0.4, 0.5) is 5.82 Å². The number of aromatic nitrogens is 4. The zero-order valence-corrected chi connectivity index (χ0v) is 19.4. The summed E-state index contributed by atoms with van der Waals surface area (Å²) in [5.74, 6) is -0.102. The van der Waals surface area contributed by atoms with Gasteiger partial charge in [0.2, 0.25) is 5.91 Å². The number of fused-ring (bicyclic) bond motifs is 1. The summed E-state index contributed by atoms with van der Waals surface area (Å²) in [6.07, 6.45) is 2.91. The molecule has 0 aliphatic heterocycles. The van der Waals surface area contributed by atoms with Gasteiger partial charge in [-0.05, 0) is 49.2 Å². The molecule has 0 aliphatic rings. The van der Waals surface area contributed by atoms with Crippen molar-refractivity contribution in [1.82, 2.24) is 24.9 Å². The number of imidazole rings is 1. The molecule has 0 spiro atoms. The lowest BCUT2D eigenvalue weighted by Gasteiger charge is -2.13. The first-order chi connectivity index (χ1) is 16.3. The van der Waals surface area contributed by atoms with Crippen LogP contribution in [0.3, 0.4) is 0 Å². The fourth-order valence-electron chi connectivity index (χ4n) is 3.45. The summed E-state index contributed by atoms with van der Waals surface area (Å²) < 4.78 is 1.55. The number of nitrogens with zero attached hydrogens (tertiary/aromatic N) is 4. The van der Waals surface area contributed by atoms with Gasteiger partial charge in [0.25, 0.3) is 5.91 Å². The molecule has 4 aromatic rings. The highest BCUT2D eigenvalue weighted by atomic mass is 35.5. The Kier molecular flexibility index (Phi) is 6.85. The van der Waals surface area contributed by atoms with Gasteiger partial charge in [-0.2, -0.15) is 5.10 Å². The first-order valence-corrected chi connectivity index (χ1v) is 11.0. The lowest BCUT2D eigenvalue weighted by atomic mass is 10.1. The monoisotopic (exact) mass is 478 g/mol. The van der Waals surface area contributed by atoms with E-state index in [0.29, 0.717) is 45.4 Å². The molecule has 3 N–H and O–H groups in total. The van der Waals surface area contributed by atoms with Crippen LogP contribution in [0.2, 0.25) is 5.02 Å². The molecule has 0 saturated heterocycles. The van der Waals surface area contributed by atoms with Gasteiger partial charge in [-0.3, -0.25) is 14.6 Å². The average molecular weight is 479 g/mol. The molecule has 3 aromatic heterocycles. The molecule has 174 valence electrons. The fourth-order valence-corrected chi connectivity index (χ4v) is 3.57. The minimum atomic E-state index is -0.711. The predicted octanol–water partition coefficient (Wildman–Crippen LogP) is 3.57. The standard InChI is InChI=1S/C24H23ClN6O3/c1-14-19(24(34)26-10-9-21(33)16-3-5-18(25)6-4-16)11-17(12-27-14)20-7-8-23-29-22(28-15(2)32)13-31(23)30-20/h3-8,11-13,21,33H,9-10H2,1-2H3,(H,26,34)(H,28,32). The van der Waals surface area contributed by atoms with Gasteiger partial charge in [-0.15, -0.1) is 0 Å². The number of carbonyl (C=O) groups excluding carboxylic acids is 2. The molecule has 0 bridgehead atoms. The number of benzene rings is 1. The summed E-state index contributed by atoms with van der Waals surface area (Å²) in [6.45, 7) is 3.46. The number of carbonyl (C=O) groups is 2. The van der Waals surface area contributed by atoms with Crippen LogP contribution in [0, 0.1) is 6.92 Å². The van der Waals surface area contributed by atoms with E-state index in [1.165, 1.54) is 6.92 Å². The van der Waals surface area contributed by atoms with E-state index >= 15 is 0 Å². The summed E-state index contributed by atoms with van der Waals surface area (Å²) in [5, 5.41) is 20.9. The topological polar surface area (TPSA) is 122 Å². The molecule has 3 heterocycles. The molecule has 0 aliphatic carbocycles. The third kappa shape index (κ3) is 5.38. The number of anilines is 1. The fraction of sp³-hybridized carbons (Fsp3) is 0.208. The Hall–Kier alpha value is -3.82. The molecule has 9 nitrogen and oxygen atoms in total. The van der Waals surface area contributed by atoms with Gasteiger partial charge in [-0.1, -0.05) is 23.7 Å². The lowest BCUT2D eigenvalue weighted by molar-refractivity contribution is -0.114. The van der Waals surface area contributed by atoms with Gasteiger partial charge < -0.3 is 15.7 Å². The first kappa shape index (κ1) is 23.3. The van der Waals surface area contributed by atoms with Crippen molar-refractivity contribution in [2.24, 2.45) is 0 Å². The van der Waals surface area contributed by atoms with Crippen LogP contribution in [-0.4, -0.2) is 43.0 Å². The molecule has 10 heteroatoms. The van der Waals surface area contributed by atoms with E-state index in [4.69, 9.17) is 11.6 Å². The van der Waals surface area contributed by atoms with Crippen LogP contribution in [-0.2, 0) is 4.79 Å². The summed E-state index contributed by atoms with van der Waals surface area (Å²) in [7, 11) is 0. The van der Waals surface area contributed by atoms with E-state index in [2.05, 4.69) is 25.7 Å². The number of nitrogens with one attached hydrogen (secondary N) is 2. The highest BCUT2D eigenvalue weighted by Gasteiger charge is 2.14. The van der Waals surface area contributed by atoms with Crippen molar-refractivity contribution in [3.8, 4) is 11.3 Å². The number of aliphatic hydroxyl groups excluding tert-OH is 1. The van der Waals surface area contributed by atoms with E-state index < -0.39 is 6.10 Å². The van der Waals surface area contributed by atoms with Crippen molar-refractivity contribution in [1.29, 1.82) is 0 Å². The van der Waals surface area contributed by atoms with Crippen molar-refractivity contribution in [3.05, 3.63) is 76.7 Å². The molecule has 0 fully saturated rings. The van der Waals surface area contributed by atoms with E-state index in [9.17, 15) is 14.7 Å². The maximum atomic E-state index is 12.8. The molecule has 4 rings (SSSR count). The zero-order valence-electron chi connectivity index (χ0n) is 18.6. The summed E-state index contributed by atoms with van der Waals surface area (Å²) in [6, 6.07) is 12.2. The summed E-state index contributed by atoms with van der Waals surface area (Å²) in [4.78, 5) is 32.7. The quantitative estimate of drug-likeness (QED) is 0.373. The first-order valence-electron chi connectivity index (χ1n) is 10.6. The highest BCUT2D eigenvalue weighted by molar-refractivity contribution is 6.30. The van der Waals surface area contributed by atoms with E-state index in [-0.39, 0.29) is 18.4 Å². The van der Waals surface area contributed by atoms with E-state index in [1.807, 2.05) is 0 Å². The van der Waals surface area contributed by atoms with Crippen LogP contribution >= 0.6 is 11.6 Å². The average Bonchev–Trinajstić information content (AvgIpc) is 3.20.